The van der Waals surface area contributed by atoms with Gasteiger partial charge in [-0.1, -0.05) is 12.8 Å². The number of nitrogens with zero attached hydrogens (tertiary/aromatic N) is 2. The highest BCUT2D eigenvalue weighted by atomic mass is 32.1. The molecule has 0 radical (unpaired) electrons. The topological polar surface area (TPSA) is 49.9 Å². The number of ether oxygens (including phenoxy) is 1. The number of thiophene rings is 1. The fourth-order valence-corrected chi connectivity index (χ4v) is 6.40. The summed E-state index contributed by atoms with van der Waals surface area (Å²) in [5.74, 6) is 1.39. The molecule has 3 heterocycles. The molecule has 1 aromatic heterocycles. The number of carbonyl (C=O) groups excluding carboxylic acids is 2. The van der Waals surface area contributed by atoms with Gasteiger partial charge in [0.2, 0.25) is 0 Å². The van der Waals surface area contributed by atoms with Crippen LogP contribution in [0.2, 0.25) is 0 Å². The van der Waals surface area contributed by atoms with Crippen LogP contribution in [0.4, 0.5) is 4.79 Å². The van der Waals surface area contributed by atoms with Crippen LogP contribution in [0, 0.1) is 5.92 Å². The summed E-state index contributed by atoms with van der Waals surface area (Å²) in [5.41, 5.74) is 0.873. The number of rotatable bonds is 3. The molecule has 2 unspecified atom stereocenters. The number of hydrogen-bond acceptors (Lipinski definition) is 4. The quantitative estimate of drug-likeness (QED) is 0.672. The molecular formula is C23H34N2O3S. The second kappa shape index (κ2) is 9.07. The van der Waals surface area contributed by atoms with Gasteiger partial charge < -0.3 is 14.5 Å². The molecule has 0 spiro atoms. The summed E-state index contributed by atoms with van der Waals surface area (Å²) >= 11 is 1.72. The molecule has 6 heteroatoms. The Balaban J connectivity index is 1.36. The van der Waals surface area contributed by atoms with Gasteiger partial charge in [-0.3, -0.25) is 4.79 Å². The Labute approximate surface area is 178 Å². The van der Waals surface area contributed by atoms with Crippen molar-refractivity contribution in [2.24, 2.45) is 5.92 Å². The monoisotopic (exact) mass is 418 g/mol. The van der Waals surface area contributed by atoms with Gasteiger partial charge in [0, 0.05) is 35.9 Å². The van der Waals surface area contributed by atoms with E-state index in [0.29, 0.717) is 12.0 Å². The molecule has 1 saturated carbocycles. The van der Waals surface area contributed by atoms with Crippen LogP contribution in [-0.4, -0.2) is 53.6 Å². The largest absolute Gasteiger partial charge is 0.447 e. The van der Waals surface area contributed by atoms with E-state index in [9.17, 15) is 9.59 Å². The van der Waals surface area contributed by atoms with Crippen LogP contribution < -0.4 is 0 Å². The maximum Gasteiger partial charge on any atom is 0.410 e. The summed E-state index contributed by atoms with van der Waals surface area (Å²) in [6, 6.07) is 2.59. The van der Waals surface area contributed by atoms with Gasteiger partial charge in [-0.15, -0.1) is 11.3 Å². The third-order valence-electron chi connectivity index (χ3n) is 6.86. The molecule has 3 fully saturated rings. The molecule has 2 aliphatic heterocycles. The van der Waals surface area contributed by atoms with Gasteiger partial charge >= 0.3 is 6.09 Å². The van der Waals surface area contributed by atoms with Gasteiger partial charge in [-0.25, -0.2) is 4.79 Å². The van der Waals surface area contributed by atoms with Gasteiger partial charge in [-0.2, -0.15) is 0 Å². The van der Waals surface area contributed by atoms with Crippen LogP contribution in [0.5, 0.6) is 0 Å². The number of likely N-dealkylation sites (tertiary alicyclic amines) is 2. The van der Waals surface area contributed by atoms with E-state index in [1.54, 1.807) is 11.3 Å². The summed E-state index contributed by atoms with van der Waals surface area (Å²) in [6.45, 7) is 6.14. The Morgan fingerprint density at radius 3 is 2.52 bits per heavy atom. The molecule has 2 amide bonds. The molecule has 3 aliphatic rings. The van der Waals surface area contributed by atoms with Crippen molar-refractivity contribution in [2.45, 2.75) is 83.3 Å². The number of piperidine rings is 2. The summed E-state index contributed by atoms with van der Waals surface area (Å²) in [6.07, 6.45) is 9.10. The van der Waals surface area contributed by atoms with Crippen molar-refractivity contribution in [3.05, 3.63) is 21.9 Å². The van der Waals surface area contributed by atoms with E-state index in [1.165, 1.54) is 37.0 Å². The molecule has 2 atom stereocenters. The Bertz CT molecular complexity index is 721. The fraction of sp³-hybridized carbons (Fsp3) is 0.739. The zero-order valence-electron chi connectivity index (χ0n) is 17.8. The highest BCUT2D eigenvalue weighted by Gasteiger charge is 2.36. The van der Waals surface area contributed by atoms with Crippen LogP contribution in [0.25, 0.3) is 0 Å². The van der Waals surface area contributed by atoms with Crippen molar-refractivity contribution < 1.29 is 14.3 Å². The number of hydrogen-bond donors (Lipinski definition) is 0. The second-order valence-electron chi connectivity index (χ2n) is 9.18. The van der Waals surface area contributed by atoms with E-state index < -0.39 is 0 Å². The molecule has 0 N–H and O–H groups in total. The van der Waals surface area contributed by atoms with Crippen molar-refractivity contribution in [3.63, 3.8) is 0 Å². The van der Waals surface area contributed by atoms with Gasteiger partial charge in [0.15, 0.2) is 0 Å². The minimum atomic E-state index is -0.201. The Hall–Kier alpha value is -1.56. The van der Waals surface area contributed by atoms with E-state index in [0.717, 1.165) is 50.4 Å². The second-order valence-corrected chi connectivity index (χ2v) is 10.1. The lowest BCUT2D eigenvalue weighted by Crippen LogP contribution is -2.49. The van der Waals surface area contributed by atoms with Crippen molar-refractivity contribution >= 4 is 23.3 Å². The first-order valence-corrected chi connectivity index (χ1v) is 12.3. The minimum Gasteiger partial charge on any atom is -0.447 e. The summed E-state index contributed by atoms with van der Waals surface area (Å²) in [5, 5.41) is 2.06. The zero-order chi connectivity index (χ0) is 20.4. The lowest BCUT2D eigenvalue weighted by Gasteiger charge is -2.44. The molecular weight excluding hydrogens is 384 g/mol. The van der Waals surface area contributed by atoms with Crippen LogP contribution in [0.3, 0.4) is 0 Å². The average molecular weight is 419 g/mol. The predicted molar refractivity (Wildman–Crippen MR) is 116 cm³/mol. The van der Waals surface area contributed by atoms with Crippen LogP contribution in [0.15, 0.2) is 11.4 Å². The fourth-order valence-electron chi connectivity index (χ4n) is 5.34. The SMILES string of the molecule is CC(C)OC(=O)N1CCC(c2cc(C(=O)N3CCCC4CCCCC43)cs2)CC1. The summed E-state index contributed by atoms with van der Waals surface area (Å²) in [4.78, 5) is 30.6. The highest BCUT2D eigenvalue weighted by molar-refractivity contribution is 7.10. The third-order valence-corrected chi connectivity index (χ3v) is 7.96. The first-order valence-electron chi connectivity index (χ1n) is 11.4. The van der Waals surface area contributed by atoms with Crippen LogP contribution in [0.1, 0.15) is 86.4 Å². The molecule has 0 bridgehead atoms. The van der Waals surface area contributed by atoms with Crippen molar-refractivity contribution in [3.8, 4) is 0 Å². The van der Waals surface area contributed by atoms with Gasteiger partial charge in [0.05, 0.1) is 11.7 Å². The van der Waals surface area contributed by atoms with E-state index >= 15 is 0 Å². The normalized spacial score (nSPS) is 25.8. The Kier molecular flexibility index (Phi) is 6.47. The molecule has 4 rings (SSSR count). The van der Waals surface area contributed by atoms with Crippen LogP contribution >= 0.6 is 11.3 Å². The predicted octanol–water partition coefficient (Wildman–Crippen LogP) is 5.27. The number of fused-ring (bicyclic) bond motifs is 1. The van der Waals surface area contributed by atoms with Crippen LogP contribution in [-0.2, 0) is 4.74 Å². The van der Waals surface area contributed by atoms with Gasteiger partial charge in [0.1, 0.15) is 0 Å². The molecule has 0 aromatic carbocycles. The lowest BCUT2D eigenvalue weighted by molar-refractivity contribution is 0.0391. The highest BCUT2D eigenvalue weighted by Crippen LogP contribution is 2.37. The molecule has 1 aromatic rings. The van der Waals surface area contributed by atoms with Gasteiger partial charge in [-0.05, 0) is 70.3 Å². The minimum absolute atomic E-state index is 0.0790. The third kappa shape index (κ3) is 4.62. The van der Waals surface area contributed by atoms with E-state index in [4.69, 9.17) is 4.74 Å². The molecule has 5 nitrogen and oxygen atoms in total. The standard InChI is InChI=1S/C23H34N2O3S/c1-16(2)28-23(27)24-12-9-18(10-13-24)21-14-19(15-29-21)22(26)25-11-5-7-17-6-3-4-8-20(17)25/h14-18,20H,3-13H2,1-2H3. The summed E-state index contributed by atoms with van der Waals surface area (Å²) < 4.78 is 5.32. The van der Waals surface area contributed by atoms with Crippen molar-refractivity contribution in [2.75, 3.05) is 19.6 Å². The first-order chi connectivity index (χ1) is 14.0. The zero-order valence-corrected chi connectivity index (χ0v) is 18.6. The maximum absolute atomic E-state index is 13.3. The Morgan fingerprint density at radius 2 is 1.76 bits per heavy atom. The van der Waals surface area contributed by atoms with Crippen molar-refractivity contribution in [1.29, 1.82) is 0 Å². The molecule has 29 heavy (non-hydrogen) atoms. The van der Waals surface area contributed by atoms with E-state index in [1.807, 2.05) is 18.7 Å². The van der Waals surface area contributed by atoms with Gasteiger partial charge in [0.25, 0.3) is 5.91 Å². The maximum atomic E-state index is 13.3. The van der Waals surface area contributed by atoms with Crippen molar-refractivity contribution in [1.82, 2.24) is 9.80 Å². The van der Waals surface area contributed by atoms with E-state index in [-0.39, 0.29) is 18.1 Å². The Morgan fingerprint density at radius 1 is 1.03 bits per heavy atom. The smallest absolute Gasteiger partial charge is 0.410 e. The lowest BCUT2D eigenvalue weighted by atomic mass is 9.78. The summed E-state index contributed by atoms with van der Waals surface area (Å²) in [7, 11) is 0. The average Bonchev–Trinajstić information content (AvgIpc) is 3.23. The number of carbonyl (C=O) groups is 2. The molecule has 160 valence electrons. The molecule has 2 saturated heterocycles. The number of amides is 2. The molecule has 1 aliphatic carbocycles. The van der Waals surface area contributed by atoms with E-state index in [2.05, 4.69) is 16.3 Å². The first kappa shape index (κ1) is 20.7.